The zero-order chi connectivity index (χ0) is 17.5. The SMILES string of the molecule is C=C/C=C(\C=C/C)c1nc(C2=CCCC=C2)nc(-c2ccccc2)n1. The molecule has 0 atom stereocenters. The lowest BCUT2D eigenvalue weighted by Gasteiger charge is -2.10. The van der Waals surface area contributed by atoms with Crippen molar-refractivity contribution in [1.29, 1.82) is 0 Å². The standard InChI is InChI=1S/C22H21N3/c1-3-11-17(12-4-2)20-23-21(18-13-7-5-8-14-18)25-22(24-20)19-15-9-6-10-16-19/h3-5,7-9,11-16H,1,6,10H2,2H3/b12-4-,17-11+. The Kier molecular flexibility index (Phi) is 5.47. The van der Waals surface area contributed by atoms with Gasteiger partial charge in [-0.25, -0.2) is 15.0 Å². The van der Waals surface area contributed by atoms with Crippen molar-refractivity contribution in [1.82, 2.24) is 15.0 Å². The molecular formula is C22H21N3. The van der Waals surface area contributed by atoms with E-state index in [0.29, 0.717) is 17.5 Å². The third-order valence-corrected chi connectivity index (χ3v) is 3.82. The monoisotopic (exact) mass is 327 g/mol. The van der Waals surface area contributed by atoms with Gasteiger partial charge in [-0.15, -0.1) is 0 Å². The molecule has 0 spiro atoms. The highest BCUT2D eigenvalue weighted by Gasteiger charge is 2.13. The van der Waals surface area contributed by atoms with E-state index in [4.69, 9.17) is 15.0 Å². The van der Waals surface area contributed by atoms with E-state index in [1.807, 2.05) is 55.5 Å². The molecule has 0 radical (unpaired) electrons. The van der Waals surface area contributed by atoms with Gasteiger partial charge in [-0.1, -0.05) is 79.4 Å². The lowest BCUT2D eigenvalue weighted by Crippen LogP contribution is -2.04. The Morgan fingerprint density at radius 2 is 1.84 bits per heavy atom. The Morgan fingerprint density at radius 1 is 1.04 bits per heavy atom. The van der Waals surface area contributed by atoms with E-state index in [0.717, 1.165) is 29.6 Å². The second-order valence-corrected chi connectivity index (χ2v) is 5.67. The van der Waals surface area contributed by atoms with Crippen molar-refractivity contribution in [3.05, 3.63) is 91.1 Å². The van der Waals surface area contributed by atoms with Gasteiger partial charge in [0, 0.05) is 16.7 Å². The fourth-order valence-electron chi connectivity index (χ4n) is 2.64. The van der Waals surface area contributed by atoms with Gasteiger partial charge in [-0.3, -0.25) is 0 Å². The summed E-state index contributed by atoms with van der Waals surface area (Å²) in [5, 5.41) is 0. The Balaban J connectivity index is 2.17. The fraction of sp³-hybridized carbons (Fsp3) is 0.136. The molecular weight excluding hydrogens is 306 g/mol. The molecule has 0 saturated carbocycles. The topological polar surface area (TPSA) is 38.7 Å². The molecule has 0 amide bonds. The third kappa shape index (κ3) is 4.07. The quantitative estimate of drug-likeness (QED) is 0.688. The number of hydrogen-bond acceptors (Lipinski definition) is 3. The van der Waals surface area contributed by atoms with Gasteiger partial charge in [0.05, 0.1) is 0 Å². The van der Waals surface area contributed by atoms with Crippen molar-refractivity contribution in [2.24, 2.45) is 0 Å². The zero-order valence-electron chi connectivity index (χ0n) is 14.4. The van der Waals surface area contributed by atoms with Crippen LogP contribution < -0.4 is 0 Å². The number of rotatable bonds is 5. The molecule has 1 aliphatic carbocycles. The summed E-state index contributed by atoms with van der Waals surface area (Å²) in [6, 6.07) is 10.00. The zero-order valence-corrected chi connectivity index (χ0v) is 14.4. The minimum absolute atomic E-state index is 0.654. The molecule has 0 N–H and O–H groups in total. The molecule has 0 aliphatic heterocycles. The third-order valence-electron chi connectivity index (χ3n) is 3.82. The van der Waals surface area contributed by atoms with Crippen molar-refractivity contribution in [2.45, 2.75) is 19.8 Å². The van der Waals surface area contributed by atoms with Crippen LogP contribution in [0.4, 0.5) is 0 Å². The molecule has 1 heterocycles. The van der Waals surface area contributed by atoms with Gasteiger partial charge in [0.1, 0.15) is 0 Å². The minimum atomic E-state index is 0.654. The maximum Gasteiger partial charge on any atom is 0.164 e. The number of aromatic nitrogens is 3. The molecule has 3 heteroatoms. The number of hydrogen-bond donors (Lipinski definition) is 0. The number of allylic oxidation sites excluding steroid dienone is 9. The first-order chi connectivity index (χ1) is 12.3. The fourth-order valence-corrected chi connectivity index (χ4v) is 2.64. The van der Waals surface area contributed by atoms with Gasteiger partial charge < -0.3 is 0 Å². The predicted molar refractivity (Wildman–Crippen MR) is 105 cm³/mol. The lowest BCUT2D eigenvalue weighted by atomic mass is 10.1. The first-order valence-electron chi connectivity index (χ1n) is 8.46. The van der Waals surface area contributed by atoms with Gasteiger partial charge in [0.25, 0.3) is 0 Å². The van der Waals surface area contributed by atoms with Gasteiger partial charge in [-0.05, 0) is 19.8 Å². The van der Waals surface area contributed by atoms with E-state index in [1.165, 1.54) is 0 Å². The Labute approximate surface area is 148 Å². The molecule has 1 aliphatic rings. The van der Waals surface area contributed by atoms with Crippen LogP contribution in [0.5, 0.6) is 0 Å². The maximum atomic E-state index is 4.71. The molecule has 2 aromatic rings. The summed E-state index contributed by atoms with van der Waals surface area (Å²) in [4.78, 5) is 14.1. The Morgan fingerprint density at radius 3 is 2.52 bits per heavy atom. The molecule has 3 nitrogen and oxygen atoms in total. The average Bonchev–Trinajstić information content (AvgIpc) is 2.69. The van der Waals surface area contributed by atoms with E-state index < -0.39 is 0 Å². The molecule has 1 aromatic heterocycles. The summed E-state index contributed by atoms with van der Waals surface area (Å²) < 4.78 is 0. The van der Waals surface area contributed by atoms with Gasteiger partial charge >= 0.3 is 0 Å². The molecule has 0 saturated heterocycles. The van der Waals surface area contributed by atoms with Crippen molar-refractivity contribution in [3.8, 4) is 11.4 Å². The van der Waals surface area contributed by atoms with Gasteiger partial charge in [-0.2, -0.15) is 0 Å². The van der Waals surface area contributed by atoms with E-state index in [2.05, 4.69) is 24.8 Å². The number of nitrogens with zero attached hydrogens (tertiary/aromatic N) is 3. The summed E-state index contributed by atoms with van der Waals surface area (Å²) in [6.45, 7) is 5.77. The Hall–Kier alpha value is -3.07. The highest BCUT2D eigenvalue weighted by Crippen LogP contribution is 2.24. The summed E-state index contributed by atoms with van der Waals surface area (Å²) >= 11 is 0. The molecule has 3 rings (SSSR count). The van der Waals surface area contributed by atoms with E-state index in [-0.39, 0.29) is 0 Å². The van der Waals surface area contributed by atoms with E-state index in [1.54, 1.807) is 6.08 Å². The smallest absolute Gasteiger partial charge is 0.164 e. The van der Waals surface area contributed by atoms with Crippen LogP contribution in [0.3, 0.4) is 0 Å². The van der Waals surface area contributed by atoms with Crippen LogP contribution in [0.2, 0.25) is 0 Å². The number of benzene rings is 1. The van der Waals surface area contributed by atoms with Crippen molar-refractivity contribution < 1.29 is 0 Å². The van der Waals surface area contributed by atoms with Crippen LogP contribution >= 0.6 is 0 Å². The van der Waals surface area contributed by atoms with Crippen LogP contribution in [-0.4, -0.2) is 15.0 Å². The molecule has 124 valence electrons. The molecule has 0 fully saturated rings. The van der Waals surface area contributed by atoms with Gasteiger partial charge in [0.2, 0.25) is 0 Å². The summed E-state index contributed by atoms with van der Waals surface area (Å²) in [6.07, 6.45) is 16.1. The summed E-state index contributed by atoms with van der Waals surface area (Å²) in [7, 11) is 0. The minimum Gasteiger partial charge on any atom is -0.208 e. The largest absolute Gasteiger partial charge is 0.208 e. The van der Waals surface area contributed by atoms with Crippen LogP contribution in [-0.2, 0) is 0 Å². The Bertz CT molecular complexity index is 871. The first-order valence-corrected chi connectivity index (χ1v) is 8.46. The van der Waals surface area contributed by atoms with E-state index in [9.17, 15) is 0 Å². The average molecular weight is 327 g/mol. The molecule has 25 heavy (non-hydrogen) atoms. The van der Waals surface area contributed by atoms with Crippen molar-refractivity contribution in [3.63, 3.8) is 0 Å². The van der Waals surface area contributed by atoms with Crippen LogP contribution in [0.25, 0.3) is 22.5 Å². The van der Waals surface area contributed by atoms with Crippen LogP contribution in [0, 0.1) is 0 Å². The first kappa shape index (κ1) is 16.8. The molecule has 0 bridgehead atoms. The molecule has 0 unspecified atom stereocenters. The molecule has 1 aromatic carbocycles. The lowest BCUT2D eigenvalue weighted by molar-refractivity contribution is 0.985. The van der Waals surface area contributed by atoms with Crippen molar-refractivity contribution in [2.75, 3.05) is 0 Å². The van der Waals surface area contributed by atoms with Crippen molar-refractivity contribution >= 4 is 11.1 Å². The summed E-state index contributed by atoms with van der Waals surface area (Å²) in [5.41, 5.74) is 2.94. The highest BCUT2D eigenvalue weighted by atomic mass is 15.0. The normalized spacial score (nSPS) is 14.6. The second-order valence-electron chi connectivity index (χ2n) is 5.67. The maximum absolute atomic E-state index is 4.71. The van der Waals surface area contributed by atoms with Crippen LogP contribution in [0.15, 0.2) is 79.4 Å². The highest BCUT2D eigenvalue weighted by molar-refractivity contribution is 5.75. The van der Waals surface area contributed by atoms with Crippen LogP contribution in [0.1, 0.15) is 31.4 Å². The van der Waals surface area contributed by atoms with E-state index >= 15 is 0 Å². The predicted octanol–water partition coefficient (Wildman–Crippen LogP) is 5.42. The van der Waals surface area contributed by atoms with Gasteiger partial charge in [0.15, 0.2) is 17.5 Å². The summed E-state index contributed by atoms with van der Waals surface area (Å²) in [5.74, 6) is 2.04. The second kappa shape index (κ2) is 8.15.